The van der Waals surface area contributed by atoms with Crippen LogP contribution in [0.4, 0.5) is 5.69 Å². The summed E-state index contributed by atoms with van der Waals surface area (Å²) in [7, 11) is 1.30. The Labute approximate surface area is 92.6 Å². The van der Waals surface area contributed by atoms with Gasteiger partial charge in [-0.25, -0.2) is 0 Å². The molecular formula is C10H11N3O3. The van der Waals surface area contributed by atoms with Crippen LogP contribution in [0.2, 0.25) is 0 Å². The summed E-state index contributed by atoms with van der Waals surface area (Å²) in [6.45, 7) is 1.58. The van der Waals surface area contributed by atoms with Gasteiger partial charge in [-0.05, 0) is 12.8 Å². The van der Waals surface area contributed by atoms with Crippen LogP contribution in [0, 0.1) is 11.8 Å². The highest BCUT2D eigenvalue weighted by atomic mass is 16.5. The number of nitrogens with zero attached hydrogens (tertiary/aromatic N) is 2. The number of hydrogen-bond donors (Lipinski definition) is 1. The Morgan fingerprint density at radius 2 is 2.38 bits per heavy atom. The molecule has 0 radical (unpaired) electrons. The SMILES string of the molecule is CC#CC(=O)Nc1cnn(CC(=O)OC)c1. The smallest absolute Gasteiger partial charge is 0.327 e. The molecule has 0 saturated heterocycles. The molecule has 1 N–H and O–H groups in total. The monoisotopic (exact) mass is 221 g/mol. The number of ether oxygens (including phenoxy) is 1. The van der Waals surface area contributed by atoms with Crippen LogP contribution in [0.5, 0.6) is 0 Å². The number of carbonyl (C=O) groups is 2. The van der Waals surface area contributed by atoms with Crippen LogP contribution in [0.1, 0.15) is 6.92 Å². The van der Waals surface area contributed by atoms with Gasteiger partial charge in [-0.15, -0.1) is 0 Å². The number of methoxy groups -OCH3 is 1. The molecule has 0 fully saturated rings. The van der Waals surface area contributed by atoms with Crippen LogP contribution in [0.3, 0.4) is 0 Å². The lowest BCUT2D eigenvalue weighted by Crippen LogP contribution is -2.12. The van der Waals surface area contributed by atoms with Gasteiger partial charge < -0.3 is 10.1 Å². The second-order valence-corrected chi connectivity index (χ2v) is 2.83. The molecule has 1 heterocycles. The number of rotatable bonds is 3. The maximum Gasteiger partial charge on any atom is 0.327 e. The van der Waals surface area contributed by atoms with Crippen molar-refractivity contribution in [3.8, 4) is 11.8 Å². The van der Waals surface area contributed by atoms with E-state index in [0.29, 0.717) is 5.69 Å². The number of aromatic nitrogens is 2. The Morgan fingerprint density at radius 1 is 1.62 bits per heavy atom. The molecule has 6 nitrogen and oxygen atoms in total. The van der Waals surface area contributed by atoms with Crippen molar-refractivity contribution >= 4 is 17.6 Å². The lowest BCUT2D eigenvalue weighted by atomic mass is 10.5. The molecule has 0 spiro atoms. The van der Waals surface area contributed by atoms with E-state index in [1.165, 1.54) is 24.2 Å². The van der Waals surface area contributed by atoms with Crippen molar-refractivity contribution in [1.82, 2.24) is 9.78 Å². The Balaban J connectivity index is 2.60. The Kier molecular flexibility index (Phi) is 4.09. The number of carbonyl (C=O) groups excluding carboxylic acids is 2. The van der Waals surface area contributed by atoms with Gasteiger partial charge in [-0.2, -0.15) is 5.10 Å². The lowest BCUT2D eigenvalue weighted by molar-refractivity contribution is -0.141. The van der Waals surface area contributed by atoms with Gasteiger partial charge in [0.05, 0.1) is 19.0 Å². The predicted molar refractivity (Wildman–Crippen MR) is 56.3 cm³/mol. The van der Waals surface area contributed by atoms with E-state index in [1.807, 2.05) is 0 Å². The number of amides is 1. The summed E-state index contributed by atoms with van der Waals surface area (Å²) in [6.07, 6.45) is 2.95. The van der Waals surface area contributed by atoms with Crippen LogP contribution in [0.15, 0.2) is 12.4 Å². The van der Waals surface area contributed by atoms with E-state index in [1.54, 1.807) is 6.92 Å². The van der Waals surface area contributed by atoms with Crippen LogP contribution < -0.4 is 5.32 Å². The Bertz CT molecular complexity index is 453. The Morgan fingerprint density at radius 3 is 3.00 bits per heavy atom. The number of nitrogens with one attached hydrogen (secondary N) is 1. The summed E-state index contributed by atoms with van der Waals surface area (Å²) in [5, 5.41) is 6.38. The molecule has 16 heavy (non-hydrogen) atoms. The van der Waals surface area contributed by atoms with Crippen molar-refractivity contribution in [2.24, 2.45) is 0 Å². The van der Waals surface area contributed by atoms with Crippen molar-refractivity contribution in [1.29, 1.82) is 0 Å². The fourth-order valence-corrected chi connectivity index (χ4v) is 0.987. The summed E-state index contributed by atoms with van der Waals surface area (Å²) in [5.41, 5.74) is 0.483. The molecule has 0 aromatic carbocycles. The zero-order chi connectivity index (χ0) is 12.0. The molecule has 0 aliphatic carbocycles. The van der Waals surface area contributed by atoms with Gasteiger partial charge in [0, 0.05) is 6.20 Å². The van der Waals surface area contributed by atoms with E-state index in [-0.39, 0.29) is 6.54 Å². The summed E-state index contributed by atoms with van der Waals surface area (Å²) < 4.78 is 5.84. The van der Waals surface area contributed by atoms with E-state index in [4.69, 9.17) is 0 Å². The zero-order valence-electron chi connectivity index (χ0n) is 8.98. The predicted octanol–water partition coefficient (Wildman–Crippen LogP) is 0.0179. The maximum absolute atomic E-state index is 11.1. The summed E-state index contributed by atoms with van der Waals surface area (Å²) in [5.74, 6) is 3.97. The molecule has 1 amide bonds. The number of anilines is 1. The van der Waals surface area contributed by atoms with Gasteiger partial charge in [0.2, 0.25) is 0 Å². The van der Waals surface area contributed by atoms with E-state index in [9.17, 15) is 9.59 Å². The molecule has 1 aromatic rings. The molecule has 0 aliphatic rings. The van der Waals surface area contributed by atoms with Crippen molar-refractivity contribution in [3.05, 3.63) is 12.4 Å². The van der Waals surface area contributed by atoms with Crippen LogP contribution in [0.25, 0.3) is 0 Å². The fourth-order valence-electron chi connectivity index (χ4n) is 0.987. The number of hydrogen-bond acceptors (Lipinski definition) is 4. The number of esters is 1. The molecule has 0 saturated carbocycles. The average Bonchev–Trinajstić information content (AvgIpc) is 2.65. The maximum atomic E-state index is 11.1. The van der Waals surface area contributed by atoms with Crippen molar-refractivity contribution in [2.45, 2.75) is 13.5 Å². The van der Waals surface area contributed by atoms with Gasteiger partial charge in [0.15, 0.2) is 0 Å². The minimum Gasteiger partial charge on any atom is -0.468 e. The second kappa shape index (κ2) is 5.56. The lowest BCUT2D eigenvalue weighted by Gasteiger charge is -1.98. The summed E-state index contributed by atoms with van der Waals surface area (Å²) in [6, 6.07) is 0. The second-order valence-electron chi connectivity index (χ2n) is 2.83. The van der Waals surface area contributed by atoms with Gasteiger partial charge in [-0.3, -0.25) is 14.3 Å². The largest absolute Gasteiger partial charge is 0.468 e. The first-order valence-electron chi connectivity index (χ1n) is 4.48. The molecule has 0 unspecified atom stereocenters. The van der Waals surface area contributed by atoms with Crippen LogP contribution in [-0.2, 0) is 20.9 Å². The van der Waals surface area contributed by atoms with Crippen molar-refractivity contribution in [2.75, 3.05) is 12.4 Å². The third-order valence-electron chi connectivity index (χ3n) is 1.65. The van der Waals surface area contributed by atoms with E-state index in [2.05, 4.69) is 27.0 Å². The topological polar surface area (TPSA) is 73.2 Å². The molecular weight excluding hydrogens is 210 g/mol. The molecule has 0 aliphatic heterocycles. The van der Waals surface area contributed by atoms with E-state index >= 15 is 0 Å². The standard InChI is InChI=1S/C10H11N3O3/c1-3-4-9(14)12-8-5-11-13(6-8)7-10(15)16-2/h5-6H,7H2,1-2H3,(H,12,14). The fraction of sp³-hybridized carbons (Fsp3) is 0.300. The van der Waals surface area contributed by atoms with Crippen molar-refractivity contribution in [3.63, 3.8) is 0 Å². The first-order chi connectivity index (χ1) is 7.65. The summed E-state index contributed by atoms with van der Waals surface area (Å²) >= 11 is 0. The third kappa shape index (κ3) is 3.46. The van der Waals surface area contributed by atoms with Crippen LogP contribution in [-0.4, -0.2) is 28.8 Å². The van der Waals surface area contributed by atoms with Crippen molar-refractivity contribution < 1.29 is 14.3 Å². The Hall–Kier alpha value is -2.29. The minimum atomic E-state index is -0.417. The zero-order valence-corrected chi connectivity index (χ0v) is 8.98. The van der Waals surface area contributed by atoms with E-state index in [0.717, 1.165) is 0 Å². The highest BCUT2D eigenvalue weighted by Gasteiger charge is 2.05. The van der Waals surface area contributed by atoms with Crippen LogP contribution >= 0.6 is 0 Å². The highest BCUT2D eigenvalue weighted by Crippen LogP contribution is 2.04. The normalized spacial score (nSPS) is 8.88. The molecule has 0 bridgehead atoms. The summed E-state index contributed by atoms with van der Waals surface area (Å²) in [4.78, 5) is 22.0. The van der Waals surface area contributed by atoms with Gasteiger partial charge in [0.1, 0.15) is 6.54 Å². The third-order valence-corrected chi connectivity index (χ3v) is 1.65. The quantitative estimate of drug-likeness (QED) is 0.576. The van der Waals surface area contributed by atoms with Gasteiger partial charge >= 0.3 is 5.97 Å². The van der Waals surface area contributed by atoms with Gasteiger partial charge in [-0.1, -0.05) is 5.92 Å². The van der Waals surface area contributed by atoms with E-state index < -0.39 is 11.9 Å². The highest BCUT2D eigenvalue weighted by molar-refractivity contribution is 6.03. The first kappa shape index (κ1) is 11.8. The minimum absolute atomic E-state index is 0.00578. The molecule has 84 valence electrons. The molecule has 1 rings (SSSR count). The molecule has 6 heteroatoms. The average molecular weight is 221 g/mol. The van der Waals surface area contributed by atoms with Gasteiger partial charge in [0.25, 0.3) is 5.91 Å². The molecule has 1 aromatic heterocycles. The first-order valence-corrected chi connectivity index (χ1v) is 4.48. The molecule has 0 atom stereocenters.